The molecular weight excluding hydrogens is 474 g/mol. The van der Waals surface area contributed by atoms with Crippen LogP contribution in [-0.4, -0.2) is 42.0 Å². The van der Waals surface area contributed by atoms with Crippen LogP contribution >= 0.6 is 11.6 Å². The molecule has 3 atom stereocenters. The number of halogens is 1. The average Bonchev–Trinajstić information content (AvgIpc) is 2.76. The van der Waals surface area contributed by atoms with E-state index in [4.69, 9.17) is 30.5 Å². The molecule has 2 rings (SSSR count). The van der Waals surface area contributed by atoms with Gasteiger partial charge in [-0.25, -0.2) is 4.98 Å². The van der Waals surface area contributed by atoms with Gasteiger partial charge in [0, 0.05) is 36.0 Å². The van der Waals surface area contributed by atoms with E-state index in [0.717, 1.165) is 0 Å². The Hall–Kier alpha value is -3.13. The Morgan fingerprint density at radius 3 is 2.37 bits per heavy atom. The van der Waals surface area contributed by atoms with Crippen molar-refractivity contribution in [1.82, 2.24) is 4.98 Å². The first-order chi connectivity index (χ1) is 16.3. The van der Waals surface area contributed by atoms with E-state index in [1.807, 2.05) is 20.8 Å². The molecule has 0 radical (unpaired) electrons. The first-order valence-corrected chi connectivity index (χ1v) is 11.6. The molecule has 0 aliphatic rings. The Morgan fingerprint density at radius 1 is 1.11 bits per heavy atom. The number of aromatic nitrogens is 1. The number of nitrogens with zero attached hydrogens (tertiary/aromatic N) is 1. The van der Waals surface area contributed by atoms with Crippen LogP contribution in [-0.2, 0) is 14.3 Å². The Bertz CT molecular complexity index is 1060. The molecule has 2 aromatic rings. The van der Waals surface area contributed by atoms with E-state index < -0.39 is 35.8 Å². The van der Waals surface area contributed by atoms with Crippen molar-refractivity contribution in [2.24, 2.45) is 11.3 Å². The van der Waals surface area contributed by atoms with Gasteiger partial charge in [-0.15, -0.1) is 0 Å². The quantitative estimate of drug-likeness (QED) is 0.316. The molecular formula is C26H32ClNO7. The molecule has 8 nitrogen and oxygen atoms in total. The normalized spacial score (nSPS) is 13.8. The summed E-state index contributed by atoms with van der Waals surface area (Å²) in [6.07, 6.45) is 0.0645. The Morgan fingerprint density at radius 2 is 1.80 bits per heavy atom. The molecule has 9 heteroatoms. The molecule has 1 aromatic carbocycles. The topological polar surface area (TPSA) is 101 Å². The van der Waals surface area contributed by atoms with Gasteiger partial charge in [-0.05, 0) is 25.1 Å². The van der Waals surface area contributed by atoms with Crippen LogP contribution in [0.4, 0.5) is 0 Å². The zero-order chi connectivity index (χ0) is 26.3. The second-order valence-corrected chi connectivity index (χ2v) is 9.75. The molecule has 0 bridgehead atoms. The lowest BCUT2D eigenvalue weighted by Gasteiger charge is -2.35. The second-order valence-electron chi connectivity index (χ2n) is 9.32. The molecule has 0 N–H and O–H groups in total. The van der Waals surface area contributed by atoms with Gasteiger partial charge >= 0.3 is 11.9 Å². The van der Waals surface area contributed by atoms with Crippen molar-refractivity contribution < 1.29 is 33.3 Å². The summed E-state index contributed by atoms with van der Waals surface area (Å²) in [6, 6.07) is 8.46. The fourth-order valence-electron chi connectivity index (χ4n) is 3.52. The van der Waals surface area contributed by atoms with E-state index in [-0.39, 0.29) is 29.0 Å². The van der Waals surface area contributed by atoms with Crippen molar-refractivity contribution >= 4 is 29.3 Å². The molecule has 1 heterocycles. The zero-order valence-corrected chi connectivity index (χ0v) is 21.8. The summed E-state index contributed by atoms with van der Waals surface area (Å²) in [5.41, 5.74) is -0.464. The van der Waals surface area contributed by atoms with Gasteiger partial charge in [0.15, 0.2) is 17.2 Å². The maximum atomic E-state index is 12.9. The summed E-state index contributed by atoms with van der Waals surface area (Å²) in [7, 11) is 1.38. The standard InChI is InChI=1S/C26H32ClNO7/c1-15(13-20(30)22-23(34-17(3)29)21(32-7)11-12-28-22)25(31)33-16(2)24(26(4,5)6)35-19-10-8-9-18(27)14-19/h8-12,14-16,24H,13H2,1-7H3/t15-,16+,24+/m1/s1. The molecule has 0 aliphatic carbocycles. The highest BCUT2D eigenvalue weighted by Gasteiger charge is 2.35. The van der Waals surface area contributed by atoms with Crippen molar-refractivity contribution in [1.29, 1.82) is 0 Å². The van der Waals surface area contributed by atoms with Crippen LogP contribution in [0.5, 0.6) is 17.2 Å². The lowest BCUT2D eigenvalue weighted by molar-refractivity contribution is -0.160. The van der Waals surface area contributed by atoms with Crippen LogP contribution in [0.25, 0.3) is 0 Å². The Labute approximate surface area is 210 Å². The van der Waals surface area contributed by atoms with Crippen LogP contribution in [0.15, 0.2) is 36.5 Å². The molecule has 0 fully saturated rings. The monoisotopic (exact) mass is 505 g/mol. The molecule has 0 aliphatic heterocycles. The molecule has 0 saturated heterocycles. The van der Waals surface area contributed by atoms with Crippen LogP contribution in [0, 0.1) is 11.3 Å². The second kappa shape index (κ2) is 12.0. The van der Waals surface area contributed by atoms with Gasteiger partial charge in [-0.2, -0.15) is 0 Å². The molecule has 35 heavy (non-hydrogen) atoms. The van der Waals surface area contributed by atoms with Crippen molar-refractivity contribution in [3.63, 3.8) is 0 Å². The lowest BCUT2D eigenvalue weighted by atomic mass is 9.86. The minimum Gasteiger partial charge on any atom is -0.493 e. The van der Waals surface area contributed by atoms with Gasteiger partial charge in [0.25, 0.3) is 0 Å². The summed E-state index contributed by atoms with van der Waals surface area (Å²) in [6.45, 7) is 10.5. The SMILES string of the molecule is COc1ccnc(C(=O)C[C@@H](C)C(=O)O[C@@H](C)[C@H](Oc2cccc(Cl)c2)C(C)(C)C)c1OC(C)=O. The zero-order valence-electron chi connectivity index (χ0n) is 21.1. The van der Waals surface area contributed by atoms with Crippen LogP contribution in [0.2, 0.25) is 5.02 Å². The minimum absolute atomic E-state index is 0.0795. The predicted molar refractivity (Wildman–Crippen MR) is 131 cm³/mol. The number of ether oxygens (including phenoxy) is 4. The summed E-state index contributed by atoms with van der Waals surface area (Å²) in [5, 5.41) is 0.534. The van der Waals surface area contributed by atoms with Gasteiger partial charge in [-0.3, -0.25) is 14.4 Å². The number of hydrogen-bond acceptors (Lipinski definition) is 8. The fraction of sp³-hybridized carbons (Fsp3) is 0.462. The van der Waals surface area contributed by atoms with Gasteiger partial charge in [0.2, 0.25) is 5.75 Å². The average molecular weight is 506 g/mol. The van der Waals surface area contributed by atoms with E-state index >= 15 is 0 Å². The molecule has 0 saturated carbocycles. The summed E-state index contributed by atoms with van der Waals surface area (Å²) in [5.74, 6) is -1.79. The number of pyridine rings is 1. The number of carbonyl (C=O) groups excluding carboxylic acids is 3. The van der Waals surface area contributed by atoms with E-state index in [2.05, 4.69) is 4.98 Å². The maximum Gasteiger partial charge on any atom is 0.309 e. The van der Waals surface area contributed by atoms with Gasteiger partial charge in [0.1, 0.15) is 18.0 Å². The number of rotatable bonds is 10. The fourth-order valence-corrected chi connectivity index (χ4v) is 3.70. The number of esters is 2. The van der Waals surface area contributed by atoms with Gasteiger partial charge < -0.3 is 18.9 Å². The summed E-state index contributed by atoms with van der Waals surface area (Å²) in [4.78, 5) is 41.3. The van der Waals surface area contributed by atoms with Crippen molar-refractivity contribution in [3.05, 3.63) is 47.2 Å². The Balaban J connectivity index is 2.13. The molecule has 0 unspecified atom stereocenters. The van der Waals surface area contributed by atoms with Crippen LogP contribution in [0.3, 0.4) is 0 Å². The highest BCUT2D eigenvalue weighted by atomic mass is 35.5. The number of benzene rings is 1. The first-order valence-electron chi connectivity index (χ1n) is 11.2. The molecule has 190 valence electrons. The van der Waals surface area contributed by atoms with Crippen molar-refractivity contribution in [3.8, 4) is 17.2 Å². The minimum atomic E-state index is -0.782. The largest absolute Gasteiger partial charge is 0.493 e. The number of carbonyl (C=O) groups is 3. The maximum absolute atomic E-state index is 12.9. The molecule has 0 amide bonds. The third kappa shape index (κ3) is 7.96. The number of Topliss-reactive ketones (excluding diaryl/α,β-unsaturated/α-hetero) is 1. The smallest absolute Gasteiger partial charge is 0.309 e. The van der Waals surface area contributed by atoms with Crippen molar-refractivity contribution in [2.45, 2.75) is 60.2 Å². The molecule has 1 aromatic heterocycles. The third-order valence-electron chi connectivity index (χ3n) is 5.13. The van der Waals surface area contributed by atoms with Crippen LogP contribution < -0.4 is 14.2 Å². The van der Waals surface area contributed by atoms with E-state index in [0.29, 0.717) is 10.8 Å². The van der Waals surface area contributed by atoms with Gasteiger partial charge in [0.05, 0.1) is 13.0 Å². The highest BCUT2D eigenvalue weighted by Crippen LogP contribution is 2.32. The van der Waals surface area contributed by atoms with E-state index in [1.165, 1.54) is 26.3 Å². The molecule has 0 spiro atoms. The number of ketones is 1. The number of methoxy groups -OCH3 is 1. The Kier molecular flexibility index (Phi) is 9.65. The third-order valence-corrected chi connectivity index (χ3v) is 5.37. The van der Waals surface area contributed by atoms with E-state index in [9.17, 15) is 14.4 Å². The highest BCUT2D eigenvalue weighted by molar-refractivity contribution is 6.30. The number of hydrogen-bond donors (Lipinski definition) is 0. The predicted octanol–water partition coefficient (Wildman–Crippen LogP) is 5.30. The van der Waals surface area contributed by atoms with E-state index in [1.54, 1.807) is 38.1 Å². The van der Waals surface area contributed by atoms with Crippen molar-refractivity contribution in [2.75, 3.05) is 7.11 Å². The van der Waals surface area contributed by atoms with Crippen LogP contribution in [0.1, 0.15) is 58.5 Å². The summed E-state index contributed by atoms with van der Waals surface area (Å²) < 4.78 is 22.1. The first kappa shape index (κ1) is 28.1. The van der Waals surface area contributed by atoms with Gasteiger partial charge in [-0.1, -0.05) is 45.4 Å². The lowest BCUT2D eigenvalue weighted by Crippen LogP contribution is -2.44. The summed E-state index contributed by atoms with van der Waals surface area (Å²) >= 11 is 6.07.